The highest BCUT2D eigenvalue weighted by molar-refractivity contribution is 7.89. The quantitative estimate of drug-likeness (QED) is 0.848. The van der Waals surface area contributed by atoms with Crippen LogP contribution in [0.15, 0.2) is 29.2 Å². The number of rotatable bonds is 6. The fourth-order valence-electron chi connectivity index (χ4n) is 1.62. The van der Waals surface area contributed by atoms with Crippen LogP contribution in [0.2, 0.25) is 0 Å². The predicted molar refractivity (Wildman–Crippen MR) is 83.1 cm³/mol. The molecule has 0 aliphatic carbocycles. The van der Waals surface area contributed by atoms with E-state index in [9.17, 15) is 8.42 Å². The smallest absolute Gasteiger partial charge is 0.240 e. The first-order valence-corrected chi connectivity index (χ1v) is 8.41. The minimum absolute atomic E-state index is 0.0851. The minimum Gasteiger partial charge on any atom is -0.310 e. The van der Waals surface area contributed by atoms with E-state index in [2.05, 4.69) is 10.0 Å². The van der Waals surface area contributed by atoms with Gasteiger partial charge >= 0.3 is 0 Å². The lowest BCUT2D eigenvalue weighted by molar-refractivity contribution is 0.407. The molecular weight excluding hydrogens is 272 g/mol. The summed E-state index contributed by atoms with van der Waals surface area (Å²) < 4.78 is 27.5. The van der Waals surface area contributed by atoms with Crippen LogP contribution >= 0.6 is 0 Å². The summed E-state index contributed by atoms with van der Waals surface area (Å²) in [6.07, 6.45) is 0. The van der Waals surface area contributed by atoms with Gasteiger partial charge in [0.05, 0.1) is 4.90 Å². The Morgan fingerprint density at radius 2 is 1.75 bits per heavy atom. The Bertz CT molecular complexity index is 531. The van der Waals surface area contributed by atoms with Crippen molar-refractivity contribution < 1.29 is 8.42 Å². The summed E-state index contributed by atoms with van der Waals surface area (Å²) in [5.74, 6) is 0. The Balaban J connectivity index is 2.94. The van der Waals surface area contributed by atoms with Gasteiger partial charge in [-0.1, -0.05) is 52.8 Å². The van der Waals surface area contributed by atoms with Crippen LogP contribution in [-0.2, 0) is 16.6 Å². The van der Waals surface area contributed by atoms with Gasteiger partial charge < -0.3 is 5.32 Å². The molecule has 0 aromatic heterocycles. The summed E-state index contributed by atoms with van der Waals surface area (Å²) in [5.41, 5.74) is 0.709. The Morgan fingerprint density at radius 1 is 1.15 bits per heavy atom. The van der Waals surface area contributed by atoms with Gasteiger partial charge in [0.15, 0.2) is 0 Å². The van der Waals surface area contributed by atoms with Crippen LogP contribution in [0.5, 0.6) is 0 Å². The summed E-state index contributed by atoms with van der Waals surface area (Å²) >= 11 is 0. The highest BCUT2D eigenvalue weighted by atomic mass is 32.2. The molecule has 4 nitrogen and oxygen atoms in total. The van der Waals surface area contributed by atoms with Crippen molar-refractivity contribution in [1.29, 1.82) is 0 Å². The van der Waals surface area contributed by atoms with Gasteiger partial charge in [-0.15, -0.1) is 0 Å². The molecule has 0 fully saturated rings. The third-order valence-electron chi connectivity index (χ3n) is 2.76. The standard InChI is InChI=1S/C15H26N2O2S/c1-12(2)16-10-13-8-6-7-9-14(13)20(18,19)17-11-15(3,4)5/h6-9,12,16-17H,10-11H2,1-5H3. The maximum absolute atomic E-state index is 12.4. The minimum atomic E-state index is -3.46. The second-order valence-electron chi connectivity index (χ2n) is 6.53. The largest absolute Gasteiger partial charge is 0.310 e. The second kappa shape index (κ2) is 6.70. The molecule has 1 aromatic rings. The number of hydrogen-bond donors (Lipinski definition) is 2. The van der Waals surface area contributed by atoms with Crippen LogP contribution in [0.1, 0.15) is 40.2 Å². The van der Waals surface area contributed by atoms with E-state index in [1.807, 2.05) is 46.8 Å². The average Bonchev–Trinajstić information content (AvgIpc) is 2.33. The van der Waals surface area contributed by atoms with E-state index < -0.39 is 10.0 Å². The Labute approximate surface area is 123 Å². The monoisotopic (exact) mass is 298 g/mol. The topological polar surface area (TPSA) is 58.2 Å². The molecule has 20 heavy (non-hydrogen) atoms. The summed E-state index contributed by atoms with van der Waals surface area (Å²) in [6.45, 7) is 11.0. The SMILES string of the molecule is CC(C)NCc1ccccc1S(=O)(=O)NCC(C)(C)C. The molecule has 0 radical (unpaired) electrons. The first kappa shape index (κ1) is 17.1. The van der Waals surface area contributed by atoms with Crippen LogP contribution < -0.4 is 10.0 Å². The molecule has 0 saturated heterocycles. The Morgan fingerprint density at radius 3 is 2.30 bits per heavy atom. The lowest BCUT2D eigenvalue weighted by Crippen LogP contribution is -2.33. The van der Waals surface area contributed by atoms with Crippen LogP contribution in [0, 0.1) is 5.41 Å². The van der Waals surface area contributed by atoms with Crippen LogP contribution in [0.4, 0.5) is 0 Å². The fourth-order valence-corrected chi connectivity index (χ4v) is 3.14. The van der Waals surface area contributed by atoms with Crippen molar-refractivity contribution >= 4 is 10.0 Å². The number of benzene rings is 1. The van der Waals surface area contributed by atoms with Crippen molar-refractivity contribution in [3.8, 4) is 0 Å². The Kier molecular flexibility index (Phi) is 5.74. The third-order valence-corrected chi connectivity index (χ3v) is 4.26. The normalized spacial score (nSPS) is 12.9. The van der Waals surface area contributed by atoms with Gasteiger partial charge in [0.25, 0.3) is 0 Å². The van der Waals surface area contributed by atoms with E-state index in [1.54, 1.807) is 12.1 Å². The van der Waals surface area contributed by atoms with E-state index in [-0.39, 0.29) is 5.41 Å². The first-order valence-electron chi connectivity index (χ1n) is 6.93. The van der Waals surface area contributed by atoms with E-state index in [1.165, 1.54) is 0 Å². The van der Waals surface area contributed by atoms with Crippen molar-refractivity contribution in [3.05, 3.63) is 29.8 Å². The van der Waals surface area contributed by atoms with Gasteiger partial charge in [-0.2, -0.15) is 0 Å². The molecular formula is C15H26N2O2S. The summed E-state index contributed by atoms with van der Waals surface area (Å²) in [7, 11) is -3.46. The van der Waals surface area contributed by atoms with E-state index in [0.717, 1.165) is 5.56 Å². The zero-order valence-electron chi connectivity index (χ0n) is 13.0. The molecule has 0 aliphatic rings. The predicted octanol–water partition coefficient (Wildman–Crippen LogP) is 2.51. The third kappa shape index (κ3) is 5.61. The Hall–Kier alpha value is -0.910. The number of sulfonamides is 1. The molecule has 1 aromatic carbocycles. The number of nitrogens with one attached hydrogen (secondary N) is 2. The number of hydrogen-bond acceptors (Lipinski definition) is 3. The van der Waals surface area contributed by atoms with Crippen molar-refractivity contribution in [1.82, 2.24) is 10.0 Å². The van der Waals surface area contributed by atoms with E-state index in [4.69, 9.17) is 0 Å². The molecule has 114 valence electrons. The molecule has 2 N–H and O–H groups in total. The van der Waals surface area contributed by atoms with E-state index >= 15 is 0 Å². The zero-order valence-corrected chi connectivity index (χ0v) is 13.8. The van der Waals surface area contributed by atoms with Gasteiger partial charge in [0.1, 0.15) is 0 Å². The maximum Gasteiger partial charge on any atom is 0.240 e. The van der Waals surface area contributed by atoms with Crippen LogP contribution in [0.3, 0.4) is 0 Å². The van der Waals surface area contributed by atoms with Gasteiger partial charge in [0, 0.05) is 19.1 Å². The highest BCUT2D eigenvalue weighted by Crippen LogP contribution is 2.17. The van der Waals surface area contributed by atoms with Crippen LogP contribution in [0.25, 0.3) is 0 Å². The molecule has 5 heteroatoms. The second-order valence-corrected chi connectivity index (χ2v) is 8.26. The molecule has 1 rings (SSSR count). The zero-order chi connectivity index (χ0) is 15.4. The summed E-state index contributed by atoms with van der Waals surface area (Å²) in [6, 6.07) is 7.43. The molecule has 0 heterocycles. The lowest BCUT2D eigenvalue weighted by Gasteiger charge is -2.20. The van der Waals surface area contributed by atoms with Crippen molar-refractivity contribution in [2.24, 2.45) is 5.41 Å². The van der Waals surface area contributed by atoms with Crippen molar-refractivity contribution in [2.75, 3.05) is 6.54 Å². The molecule has 0 spiro atoms. The maximum atomic E-state index is 12.4. The first-order chi connectivity index (χ1) is 9.12. The van der Waals surface area contributed by atoms with Crippen molar-refractivity contribution in [3.63, 3.8) is 0 Å². The molecule has 0 bridgehead atoms. The molecule has 0 saturated carbocycles. The summed E-state index contributed by atoms with van der Waals surface area (Å²) in [4.78, 5) is 0.359. The van der Waals surface area contributed by atoms with Gasteiger partial charge in [-0.3, -0.25) is 0 Å². The van der Waals surface area contributed by atoms with Gasteiger partial charge in [-0.25, -0.2) is 13.1 Å². The molecule has 0 unspecified atom stereocenters. The molecule has 0 amide bonds. The highest BCUT2D eigenvalue weighted by Gasteiger charge is 2.20. The van der Waals surface area contributed by atoms with Crippen molar-refractivity contribution in [2.45, 2.75) is 52.1 Å². The van der Waals surface area contributed by atoms with E-state index in [0.29, 0.717) is 24.0 Å². The summed E-state index contributed by atoms with van der Waals surface area (Å²) in [5, 5.41) is 3.25. The lowest BCUT2D eigenvalue weighted by atomic mass is 9.98. The van der Waals surface area contributed by atoms with Gasteiger partial charge in [-0.05, 0) is 17.0 Å². The molecule has 0 aliphatic heterocycles. The van der Waals surface area contributed by atoms with Crippen LogP contribution in [-0.4, -0.2) is 21.0 Å². The van der Waals surface area contributed by atoms with Gasteiger partial charge in [0.2, 0.25) is 10.0 Å². The average molecular weight is 298 g/mol. The molecule has 0 atom stereocenters. The fraction of sp³-hybridized carbons (Fsp3) is 0.600.